The molecule has 8 heteroatoms. The SMILES string of the molecule is COc1ccc(Br)cc1CSCC(=O)Nc1cccc([N+](=O)[O-])c1. The number of amides is 1. The number of nitrogens with one attached hydrogen (secondary N) is 1. The standard InChI is InChI=1S/C16H15BrN2O4S/c1-23-15-6-5-12(17)7-11(15)9-24-10-16(20)18-13-3-2-4-14(8-13)19(21)22/h2-8H,9-10H2,1H3,(H,18,20). The number of nitro benzene ring substituents is 1. The molecule has 24 heavy (non-hydrogen) atoms. The third-order valence-corrected chi connectivity index (χ3v) is 4.55. The molecule has 0 saturated heterocycles. The van der Waals surface area contributed by atoms with E-state index in [1.165, 1.54) is 30.0 Å². The third kappa shape index (κ3) is 5.24. The molecule has 0 aliphatic heterocycles. The van der Waals surface area contributed by atoms with Gasteiger partial charge in [0.15, 0.2) is 0 Å². The molecular weight excluding hydrogens is 396 g/mol. The van der Waals surface area contributed by atoms with Gasteiger partial charge in [-0.05, 0) is 24.3 Å². The van der Waals surface area contributed by atoms with Gasteiger partial charge in [-0.1, -0.05) is 22.0 Å². The third-order valence-electron chi connectivity index (χ3n) is 3.07. The Kier molecular flexibility index (Phi) is 6.62. The summed E-state index contributed by atoms with van der Waals surface area (Å²) in [6, 6.07) is 11.6. The predicted octanol–water partition coefficient (Wildman–Crippen LogP) is 4.24. The molecule has 0 atom stereocenters. The van der Waals surface area contributed by atoms with Crippen molar-refractivity contribution in [3.05, 3.63) is 62.6 Å². The Bertz CT molecular complexity index is 755. The lowest BCUT2D eigenvalue weighted by molar-refractivity contribution is -0.384. The molecule has 0 radical (unpaired) electrons. The van der Waals surface area contributed by atoms with Gasteiger partial charge in [0.05, 0.1) is 17.8 Å². The Balaban J connectivity index is 1.89. The van der Waals surface area contributed by atoms with Crippen LogP contribution in [-0.2, 0) is 10.5 Å². The minimum absolute atomic E-state index is 0.0562. The zero-order chi connectivity index (χ0) is 17.5. The number of rotatable bonds is 7. The molecular formula is C16H15BrN2O4S. The molecule has 1 amide bonds. The molecule has 0 heterocycles. The van der Waals surface area contributed by atoms with Crippen LogP contribution in [0.3, 0.4) is 0 Å². The first kappa shape index (κ1) is 18.3. The van der Waals surface area contributed by atoms with Gasteiger partial charge >= 0.3 is 0 Å². The molecule has 2 aromatic carbocycles. The molecule has 0 aliphatic carbocycles. The second-order valence-electron chi connectivity index (χ2n) is 4.80. The quantitative estimate of drug-likeness (QED) is 0.545. The summed E-state index contributed by atoms with van der Waals surface area (Å²) in [7, 11) is 1.60. The molecule has 0 bridgehead atoms. The maximum absolute atomic E-state index is 12.0. The largest absolute Gasteiger partial charge is 0.496 e. The van der Waals surface area contributed by atoms with Gasteiger partial charge in [0.2, 0.25) is 5.91 Å². The summed E-state index contributed by atoms with van der Waals surface area (Å²) in [4.78, 5) is 22.2. The Labute approximate surface area is 151 Å². The molecule has 2 aromatic rings. The number of halogens is 1. The van der Waals surface area contributed by atoms with Crippen molar-refractivity contribution < 1.29 is 14.5 Å². The van der Waals surface area contributed by atoms with E-state index in [0.29, 0.717) is 11.4 Å². The first-order valence-corrected chi connectivity index (χ1v) is 8.89. The van der Waals surface area contributed by atoms with E-state index in [-0.39, 0.29) is 17.3 Å². The molecule has 1 N–H and O–H groups in total. The van der Waals surface area contributed by atoms with E-state index in [2.05, 4.69) is 21.2 Å². The summed E-state index contributed by atoms with van der Waals surface area (Å²) < 4.78 is 6.23. The highest BCUT2D eigenvalue weighted by molar-refractivity contribution is 9.10. The predicted molar refractivity (Wildman–Crippen MR) is 98.6 cm³/mol. The van der Waals surface area contributed by atoms with Crippen LogP contribution in [0.1, 0.15) is 5.56 Å². The van der Waals surface area contributed by atoms with Crippen molar-refractivity contribution in [2.45, 2.75) is 5.75 Å². The Morgan fingerprint density at radius 3 is 2.83 bits per heavy atom. The van der Waals surface area contributed by atoms with Crippen molar-refractivity contribution in [2.75, 3.05) is 18.2 Å². The summed E-state index contributed by atoms with van der Waals surface area (Å²) >= 11 is 4.85. The number of hydrogen-bond acceptors (Lipinski definition) is 5. The lowest BCUT2D eigenvalue weighted by Crippen LogP contribution is -2.14. The topological polar surface area (TPSA) is 81.5 Å². The summed E-state index contributed by atoms with van der Waals surface area (Å²) in [5.41, 5.74) is 1.34. The number of carbonyl (C=O) groups is 1. The zero-order valence-electron chi connectivity index (χ0n) is 12.8. The van der Waals surface area contributed by atoms with Crippen LogP contribution in [0.25, 0.3) is 0 Å². The minimum Gasteiger partial charge on any atom is -0.496 e. The molecule has 0 saturated carbocycles. The Morgan fingerprint density at radius 2 is 2.12 bits per heavy atom. The summed E-state index contributed by atoms with van der Waals surface area (Å²) in [6.07, 6.45) is 0. The minimum atomic E-state index is -0.496. The average molecular weight is 411 g/mol. The monoisotopic (exact) mass is 410 g/mol. The molecule has 0 unspecified atom stereocenters. The van der Waals surface area contributed by atoms with Crippen molar-refractivity contribution >= 4 is 45.0 Å². The average Bonchev–Trinajstić information content (AvgIpc) is 2.55. The highest BCUT2D eigenvalue weighted by Crippen LogP contribution is 2.27. The number of nitrogens with zero attached hydrogens (tertiary/aromatic N) is 1. The van der Waals surface area contributed by atoms with Gasteiger partial charge in [0.1, 0.15) is 5.75 Å². The molecule has 126 valence electrons. The lowest BCUT2D eigenvalue weighted by atomic mass is 10.2. The number of methoxy groups -OCH3 is 1. The van der Waals surface area contributed by atoms with Crippen LogP contribution in [0.15, 0.2) is 46.9 Å². The van der Waals surface area contributed by atoms with E-state index in [1.54, 1.807) is 13.2 Å². The highest BCUT2D eigenvalue weighted by Gasteiger charge is 2.09. The first-order valence-electron chi connectivity index (χ1n) is 6.94. The molecule has 0 aromatic heterocycles. The van der Waals surface area contributed by atoms with Gasteiger partial charge in [0.25, 0.3) is 5.69 Å². The van der Waals surface area contributed by atoms with E-state index in [1.807, 2.05) is 18.2 Å². The van der Waals surface area contributed by atoms with Crippen LogP contribution in [-0.4, -0.2) is 23.7 Å². The van der Waals surface area contributed by atoms with Crippen LogP contribution in [0.5, 0.6) is 5.75 Å². The van der Waals surface area contributed by atoms with E-state index in [4.69, 9.17) is 4.74 Å². The fraction of sp³-hybridized carbons (Fsp3) is 0.188. The van der Waals surface area contributed by atoms with E-state index in [9.17, 15) is 14.9 Å². The normalized spacial score (nSPS) is 10.2. The zero-order valence-corrected chi connectivity index (χ0v) is 15.2. The number of ether oxygens (including phenoxy) is 1. The summed E-state index contributed by atoms with van der Waals surface area (Å²) in [5, 5.41) is 13.4. The number of non-ortho nitro benzene ring substituents is 1. The molecule has 6 nitrogen and oxygen atoms in total. The smallest absolute Gasteiger partial charge is 0.271 e. The maximum Gasteiger partial charge on any atom is 0.271 e. The molecule has 2 rings (SSSR count). The number of nitro groups is 1. The van der Waals surface area contributed by atoms with Crippen LogP contribution >= 0.6 is 27.7 Å². The van der Waals surface area contributed by atoms with Crippen LogP contribution in [0, 0.1) is 10.1 Å². The van der Waals surface area contributed by atoms with E-state index in [0.717, 1.165) is 15.8 Å². The number of thioether (sulfide) groups is 1. The second kappa shape index (κ2) is 8.70. The molecule has 0 spiro atoms. The fourth-order valence-corrected chi connectivity index (χ4v) is 3.22. The molecule has 0 aliphatic rings. The molecule has 0 fully saturated rings. The van der Waals surface area contributed by atoms with Gasteiger partial charge in [-0.3, -0.25) is 14.9 Å². The highest BCUT2D eigenvalue weighted by atomic mass is 79.9. The maximum atomic E-state index is 12.0. The van der Waals surface area contributed by atoms with E-state index < -0.39 is 4.92 Å². The van der Waals surface area contributed by atoms with Crippen LogP contribution < -0.4 is 10.1 Å². The van der Waals surface area contributed by atoms with Gasteiger partial charge in [-0.2, -0.15) is 0 Å². The van der Waals surface area contributed by atoms with Crippen molar-refractivity contribution in [3.63, 3.8) is 0 Å². The van der Waals surface area contributed by atoms with Crippen molar-refractivity contribution in [1.82, 2.24) is 0 Å². The van der Waals surface area contributed by atoms with Gasteiger partial charge < -0.3 is 10.1 Å². The van der Waals surface area contributed by atoms with Crippen molar-refractivity contribution in [3.8, 4) is 5.75 Å². The van der Waals surface area contributed by atoms with Crippen LogP contribution in [0.4, 0.5) is 11.4 Å². The number of carbonyl (C=O) groups excluding carboxylic acids is 1. The van der Waals surface area contributed by atoms with Crippen molar-refractivity contribution in [1.29, 1.82) is 0 Å². The van der Waals surface area contributed by atoms with Gasteiger partial charge in [-0.25, -0.2) is 0 Å². The van der Waals surface area contributed by atoms with Gasteiger partial charge in [-0.15, -0.1) is 11.8 Å². The number of anilines is 1. The summed E-state index contributed by atoms with van der Waals surface area (Å²) in [6.45, 7) is 0. The lowest BCUT2D eigenvalue weighted by Gasteiger charge is -2.09. The Hall–Kier alpha value is -2.06. The number of hydrogen-bond donors (Lipinski definition) is 1. The van der Waals surface area contributed by atoms with E-state index >= 15 is 0 Å². The number of benzene rings is 2. The van der Waals surface area contributed by atoms with Gasteiger partial charge in [0, 0.05) is 33.6 Å². The fourth-order valence-electron chi connectivity index (χ4n) is 2.01. The summed E-state index contributed by atoms with van der Waals surface area (Å²) in [5.74, 6) is 1.41. The first-order chi connectivity index (χ1) is 11.5. The Morgan fingerprint density at radius 1 is 1.33 bits per heavy atom. The second-order valence-corrected chi connectivity index (χ2v) is 6.71. The van der Waals surface area contributed by atoms with Crippen LogP contribution in [0.2, 0.25) is 0 Å². The van der Waals surface area contributed by atoms with Crippen molar-refractivity contribution in [2.24, 2.45) is 0 Å².